The molecule has 0 aliphatic carbocycles. The molecule has 1 amide bonds. The van der Waals surface area contributed by atoms with Gasteiger partial charge < -0.3 is 15.3 Å². The van der Waals surface area contributed by atoms with Crippen molar-refractivity contribution in [1.29, 1.82) is 0 Å². The average Bonchev–Trinajstić information content (AvgIpc) is 3.27. The van der Waals surface area contributed by atoms with Gasteiger partial charge in [-0.25, -0.2) is 9.97 Å². The summed E-state index contributed by atoms with van der Waals surface area (Å²) in [5.41, 5.74) is 4.58. The molecule has 33 heavy (non-hydrogen) atoms. The zero-order chi connectivity index (χ0) is 23.5. The molecule has 0 aliphatic heterocycles. The summed E-state index contributed by atoms with van der Waals surface area (Å²) in [5.74, 6) is 0.250. The maximum atomic E-state index is 12.4. The number of hydrogen-bond donors (Lipinski definition) is 2. The third-order valence-corrected chi connectivity index (χ3v) is 5.33. The van der Waals surface area contributed by atoms with Crippen LogP contribution < -0.4 is 10.2 Å². The fraction of sp³-hybridized carbons (Fsp3) is 0.200. The lowest BCUT2D eigenvalue weighted by Gasteiger charge is -2.18. The number of benzene rings is 2. The Hall–Kier alpha value is -4.20. The van der Waals surface area contributed by atoms with E-state index < -0.39 is 5.97 Å². The number of aromatic nitrogens is 3. The minimum atomic E-state index is -0.930. The van der Waals surface area contributed by atoms with E-state index in [1.54, 1.807) is 29.4 Å². The number of carboxylic acid groups (broad SMARTS) is 1. The maximum Gasteiger partial charge on any atom is 0.308 e. The Morgan fingerprint density at radius 1 is 1.06 bits per heavy atom. The summed E-state index contributed by atoms with van der Waals surface area (Å²) < 4.78 is 1.83. The summed E-state index contributed by atoms with van der Waals surface area (Å²) in [6, 6.07) is 15.0. The molecule has 2 heterocycles. The fourth-order valence-corrected chi connectivity index (χ4v) is 3.68. The van der Waals surface area contributed by atoms with Crippen molar-refractivity contribution in [1.82, 2.24) is 14.4 Å². The zero-order valence-corrected chi connectivity index (χ0v) is 18.7. The summed E-state index contributed by atoms with van der Waals surface area (Å²) in [6.45, 7) is 1.98. The molecule has 0 radical (unpaired) electrons. The molecule has 2 N–H and O–H groups in total. The largest absolute Gasteiger partial charge is 0.481 e. The van der Waals surface area contributed by atoms with Crippen LogP contribution >= 0.6 is 0 Å². The molecule has 0 unspecified atom stereocenters. The van der Waals surface area contributed by atoms with Crippen molar-refractivity contribution in [2.24, 2.45) is 0 Å². The highest BCUT2D eigenvalue weighted by Gasteiger charge is 2.19. The van der Waals surface area contributed by atoms with Crippen molar-refractivity contribution in [3.63, 3.8) is 0 Å². The summed E-state index contributed by atoms with van der Waals surface area (Å²) >= 11 is 0. The van der Waals surface area contributed by atoms with Gasteiger partial charge in [-0.1, -0.05) is 29.8 Å². The number of hydrogen-bond acceptors (Lipinski definition) is 5. The fourth-order valence-electron chi connectivity index (χ4n) is 3.68. The average molecular weight is 446 g/mol. The number of rotatable bonds is 7. The van der Waals surface area contributed by atoms with Crippen LogP contribution in [0, 0.1) is 6.92 Å². The van der Waals surface area contributed by atoms with Gasteiger partial charge in [0, 0.05) is 49.7 Å². The minimum Gasteiger partial charge on any atom is -0.481 e. The molecule has 0 bridgehead atoms. The maximum absolute atomic E-state index is 12.4. The Morgan fingerprint density at radius 2 is 1.76 bits per heavy atom. The molecular formula is C25H25N5O3. The second kappa shape index (κ2) is 9.12. The first-order chi connectivity index (χ1) is 15.8. The monoisotopic (exact) mass is 446 g/mol. The normalized spacial score (nSPS) is 10.9. The van der Waals surface area contributed by atoms with Gasteiger partial charge in [0.25, 0.3) is 5.91 Å². The van der Waals surface area contributed by atoms with Gasteiger partial charge >= 0.3 is 5.97 Å². The predicted molar refractivity (Wildman–Crippen MR) is 127 cm³/mol. The number of amides is 1. The first-order valence-corrected chi connectivity index (χ1v) is 10.5. The number of nitrogens with zero attached hydrogens (tertiary/aromatic N) is 4. The van der Waals surface area contributed by atoms with Crippen LogP contribution in [0.5, 0.6) is 0 Å². The molecule has 8 nitrogen and oxygen atoms in total. The lowest BCUT2D eigenvalue weighted by atomic mass is 10.1. The van der Waals surface area contributed by atoms with Crippen LogP contribution in [0.1, 0.15) is 32.9 Å². The quantitative estimate of drug-likeness (QED) is 0.421. The standard InChI is InChI=1S/C25H25N5O3/c1-16-4-8-18(9-5-16)25(33)27-19-10-6-17(7-11-19)14-21-28-24(29(2)3)20(15-22(31)32)23-26-12-13-30(21)23/h4-13H,14-15H2,1-3H3,(H,27,33)(H,31,32)/i2+1,3+1,25+1. The van der Waals surface area contributed by atoms with Gasteiger partial charge in [-0.05, 0) is 36.8 Å². The molecule has 2 aromatic carbocycles. The Bertz CT molecular complexity index is 1310. The minimum absolute atomic E-state index is 0.156. The Labute approximate surface area is 191 Å². The Morgan fingerprint density at radius 3 is 2.39 bits per heavy atom. The van der Waals surface area contributed by atoms with E-state index >= 15 is 0 Å². The first-order valence-electron chi connectivity index (χ1n) is 10.5. The van der Waals surface area contributed by atoms with Crippen molar-refractivity contribution >= 4 is 29.0 Å². The molecule has 0 fully saturated rings. The number of aliphatic carboxylic acids is 1. The molecular weight excluding hydrogens is 421 g/mol. The number of carboxylic acids is 1. The third-order valence-electron chi connectivity index (χ3n) is 5.33. The Balaban J connectivity index is 1.57. The van der Waals surface area contributed by atoms with E-state index in [9.17, 15) is 14.7 Å². The van der Waals surface area contributed by atoms with Gasteiger partial charge in [-0.3, -0.25) is 14.0 Å². The van der Waals surface area contributed by atoms with Crippen LogP contribution in [0.2, 0.25) is 0 Å². The highest BCUT2D eigenvalue weighted by atomic mass is 16.4. The van der Waals surface area contributed by atoms with Crippen LogP contribution in [0.4, 0.5) is 11.5 Å². The van der Waals surface area contributed by atoms with E-state index in [2.05, 4.69) is 10.3 Å². The van der Waals surface area contributed by atoms with Crippen LogP contribution in [0.25, 0.3) is 5.65 Å². The lowest BCUT2D eigenvalue weighted by molar-refractivity contribution is -0.136. The molecule has 0 aliphatic rings. The number of nitrogens with one attached hydrogen (secondary N) is 1. The van der Waals surface area contributed by atoms with Gasteiger partial charge in [0.1, 0.15) is 17.3 Å². The van der Waals surface area contributed by atoms with E-state index in [1.807, 2.05) is 61.8 Å². The summed E-state index contributed by atoms with van der Waals surface area (Å²) in [6.07, 6.45) is 3.80. The molecule has 0 atom stereocenters. The van der Waals surface area contributed by atoms with Crippen molar-refractivity contribution < 1.29 is 14.7 Å². The van der Waals surface area contributed by atoms with E-state index in [0.29, 0.717) is 34.7 Å². The second-order valence-electron chi connectivity index (χ2n) is 8.11. The van der Waals surface area contributed by atoms with E-state index in [4.69, 9.17) is 4.98 Å². The van der Waals surface area contributed by atoms with Crippen LogP contribution in [-0.4, -0.2) is 45.4 Å². The van der Waals surface area contributed by atoms with E-state index in [0.717, 1.165) is 17.0 Å². The highest BCUT2D eigenvalue weighted by molar-refractivity contribution is 6.04. The smallest absolute Gasteiger partial charge is 0.308 e. The predicted octanol–water partition coefficient (Wildman–Crippen LogP) is 3.57. The second-order valence-corrected chi connectivity index (χ2v) is 8.11. The highest BCUT2D eigenvalue weighted by Crippen LogP contribution is 2.24. The van der Waals surface area contributed by atoms with E-state index in [1.165, 1.54) is 0 Å². The topological polar surface area (TPSA) is 99.8 Å². The first kappa shape index (κ1) is 22.0. The van der Waals surface area contributed by atoms with Crippen LogP contribution in [0.3, 0.4) is 0 Å². The summed E-state index contributed by atoms with van der Waals surface area (Å²) in [5, 5.41) is 12.2. The molecule has 8 heteroatoms. The van der Waals surface area contributed by atoms with E-state index in [-0.39, 0.29) is 12.3 Å². The molecule has 168 valence electrons. The molecule has 0 spiro atoms. The van der Waals surface area contributed by atoms with Crippen molar-refractivity contribution in [3.05, 3.63) is 89.0 Å². The van der Waals surface area contributed by atoms with Gasteiger partial charge in [0.15, 0.2) is 0 Å². The summed E-state index contributed by atoms with van der Waals surface area (Å²) in [4.78, 5) is 34.8. The SMILES string of the molecule is Cc1ccc([13C](=O)Nc2ccc(Cc3nc(N([13CH3])[13CH3])c(CC(=O)O)c4nccn34)cc2)cc1. The third kappa shape index (κ3) is 4.85. The number of anilines is 2. The van der Waals surface area contributed by atoms with Gasteiger partial charge in [-0.15, -0.1) is 0 Å². The van der Waals surface area contributed by atoms with Crippen molar-refractivity contribution in [2.75, 3.05) is 24.3 Å². The van der Waals surface area contributed by atoms with Crippen molar-refractivity contribution in [3.8, 4) is 0 Å². The molecule has 0 saturated heterocycles. The molecule has 0 saturated carbocycles. The number of carbonyl (C=O) groups excluding carboxylic acids is 1. The van der Waals surface area contributed by atoms with Crippen molar-refractivity contribution in [2.45, 2.75) is 19.8 Å². The van der Waals surface area contributed by atoms with Gasteiger partial charge in [0.05, 0.1) is 6.42 Å². The van der Waals surface area contributed by atoms with Gasteiger partial charge in [0.2, 0.25) is 0 Å². The molecule has 2 aromatic heterocycles. The lowest BCUT2D eigenvalue weighted by Crippen LogP contribution is -2.19. The Kier molecular flexibility index (Phi) is 6.08. The van der Waals surface area contributed by atoms with Crippen LogP contribution in [0.15, 0.2) is 60.9 Å². The molecule has 4 aromatic rings. The summed E-state index contributed by atoms with van der Waals surface area (Å²) in [7, 11) is 3.67. The molecule has 4 rings (SSSR count). The zero-order valence-electron chi connectivity index (χ0n) is 18.7. The van der Waals surface area contributed by atoms with Gasteiger partial charge in [-0.2, -0.15) is 0 Å². The number of fused-ring (bicyclic) bond motifs is 1. The number of imidazole rings is 1. The number of aryl methyl sites for hydroxylation is 1. The van der Waals surface area contributed by atoms with Crippen LogP contribution in [-0.2, 0) is 17.6 Å². The number of carbonyl (C=O) groups is 2.